The number of aryl methyl sites for hydroxylation is 1. The Balaban J connectivity index is 2.08. The molecule has 2 nitrogen and oxygen atoms in total. The molecule has 0 saturated carbocycles. The highest BCUT2D eigenvalue weighted by atomic mass is 14.9. The zero-order valence-corrected chi connectivity index (χ0v) is 7.59. The van der Waals surface area contributed by atoms with Crippen LogP contribution >= 0.6 is 0 Å². The lowest BCUT2D eigenvalue weighted by Crippen LogP contribution is -2.26. The number of nitrogens with one attached hydrogen (secondary N) is 1. The predicted molar refractivity (Wildman–Crippen MR) is 50.3 cm³/mol. The van der Waals surface area contributed by atoms with Crippen molar-refractivity contribution in [2.75, 3.05) is 13.1 Å². The maximum atomic E-state index is 3.38. The maximum absolute atomic E-state index is 3.38. The molecule has 1 aliphatic rings. The van der Waals surface area contributed by atoms with E-state index in [-0.39, 0.29) is 0 Å². The average Bonchev–Trinajstić information content (AvgIpc) is 2.54. The maximum Gasteiger partial charge on any atom is 0.0106 e. The summed E-state index contributed by atoms with van der Waals surface area (Å²) in [5.41, 5.74) is 1.51. The van der Waals surface area contributed by atoms with Gasteiger partial charge in [0.1, 0.15) is 0 Å². The fraction of sp³-hybridized carbons (Fsp3) is 0.600. The standard InChI is InChI=1S/C10H16N2/c1-12-7-4-10(8-12)9-2-5-11-6-3-9/h4,7-9,11H,2-3,5-6H2,1H3. The highest BCUT2D eigenvalue weighted by Crippen LogP contribution is 2.24. The Morgan fingerprint density at radius 3 is 2.75 bits per heavy atom. The Hall–Kier alpha value is -0.760. The van der Waals surface area contributed by atoms with Gasteiger partial charge in [-0.15, -0.1) is 0 Å². The molecule has 0 bridgehead atoms. The first kappa shape index (κ1) is 7.87. The molecule has 12 heavy (non-hydrogen) atoms. The van der Waals surface area contributed by atoms with Crippen LogP contribution in [0.2, 0.25) is 0 Å². The van der Waals surface area contributed by atoms with E-state index in [1.54, 1.807) is 0 Å². The molecule has 2 heteroatoms. The lowest BCUT2D eigenvalue weighted by atomic mass is 9.92. The molecule has 0 amide bonds. The van der Waals surface area contributed by atoms with Crippen LogP contribution in [0.3, 0.4) is 0 Å². The van der Waals surface area contributed by atoms with Crippen molar-refractivity contribution in [3.63, 3.8) is 0 Å². The molecule has 0 radical (unpaired) electrons. The number of rotatable bonds is 1. The molecule has 1 aromatic rings. The number of aromatic nitrogens is 1. The van der Waals surface area contributed by atoms with Crippen LogP contribution in [0.25, 0.3) is 0 Å². The first-order chi connectivity index (χ1) is 5.86. The van der Waals surface area contributed by atoms with Crippen LogP contribution in [0.5, 0.6) is 0 Å². The van der Waals surface area contributed by atoms with E-state index in [1.165, 1.54) is 31.5 Å². The summed E-state index contributed by atoms with van der Waals surface area (Å²) in [6, 6.07) is 2.25. The van der Waals surface area contributed by atoms with Gasteiger partial charge in [-0.1, -0.05) is 0 Å². The molecular formula is C10H16N2. The zero-order valence-electron chi connectivity index (χ0n) is 7.59. The van der Waals surface area contributed by atoms with Gasteiger partial charge in [-0.3, -0.25) is 0 Å². The smallest absolute Gasteiger partial charge is 0.0106 e. The Labute approximate surface area is 73.6 Å². The van der Waals surface area contributed by atoms with Crippen molar-refractivity contribution in [3.05, 3.63) is 24.0 Å². The molecule has 1 N–H and O–H groups in total. The molecule has 1 aromatic heterocycles. The summed E-state index contributed by atoms with van der Waals surface area (Å²) in [4.78, 5) is 0. The molecule has 0 aromatic carbocycles. The van der Waals surface area contributed by atoms with Crippen molar-refractivity contribution < 1.29 is 0 Å². The fourth-order valence-corrected chi connectivity index (χ4v) is 1.92. The average molecular weight is 164 g/mol. The van der Waals surface area contributed by atoms with E-state index >= 15 is 0 Å². The van der Waals surface area contributed by atoms with E-state index < -0.39 is 0 Å². The summed E-state index contributed by atoms with van der Waals surface area (Å²) in [6.45, 7) is 2.36. The number of hydrogen-bond acceptors (Lipinski definition) is 1. The molecule has 1 saturated heterocycles. The van der Waals surface area contributed by atoms with Gasteiger partial charge in [-0.2, -0.15) is 0 Å². The van der Waals surface area contributed by atoms with E-state index in [4.69, 9.17) is 0 Å². The zero-order chi connectivity index (χ0) is 8.39. The quantitative estimate of drug-likeness (QED) is 0.665. The van der Waals surface area contributed by atoms with Crippen molar-refractivity contribution in [2.45, 2.75) is 18.8 Å². The van der Waals surface area contributed by atoms with Gasteiger partial charge in [0, 0.05) is 19.4 Å². The van der Waals surface area contributed by atoms with Gasteiger partial charge in [0.15, 0.2) is 0 Å². The molecule has 0 atom stereocenters. The number of nitrogens with zero attached hydrogens (tertiary/aromatic N) is 1. The third kappa shape index (κ3) is 1.53. The molecule has 2 rings (SSSR count). The Morgan fingerprint density at radius 1 is 1.42 bits per heavy atom. The third-order valence-corrected chi connectivity index (χ3v) is 2.67. The second kappa shape index (κ2) is 3.31. The van der Waals surface area contributed by atoms with Gasteiger partial charge in [0.25, 0.3) is 0 Å². The SMILES string of the molecule is Cn1ccc(C2CCNCC2)c1. The third-order valence-electron chi connectivity index (χ3n) is 2.67. The molecule has 1 aliphatic heterocycles. The summed E-state index contributed by atoms with van der Waals surface area (Å²) in [5.74, 6) is 0.799. The first-order valence-electron chi connectivity index (χ1n) is 4.69. The summed E-state index contributed by atoms with van der Waals surface area (Å²) in [7, 11) is 2.09. The van der Waals surface area contributed by atoms with Crippen LogP contribution in [0, 0.1) is 0 Å². The van der Waals surface area contributed by atoms with Crippen LogP contribution < -0.4 is 5.32 Å². The first-order valence-corrected chi connectivity index (χ1v) is 4.69. The summed E-state index contributed by atoms with van der Waals surface area (Å²) >= 11 is 0. The van der Waals surface area contributed by atoms with Crippen molar-refractivity contribution in [2.24, 2.45) is 7.05 Å². The second-order valence-electron chi connectivity index (χ2n) is 3.63. The molecule has 66 valence electrons. The van der Waals surface area contributed by atoms with Crippen LogP contribution in [0.15, 0.2) is 18.5 Å². The molecule has 1 fully saturated rings. The molecule has 2 heterocycles. The number of piperidine rings is 1. The van der Waals surface area contributed by atoms with Crippen LogP contribution in [0.4, 0.5) is 0 Å². The minimum atomic E-state index is 0.799. The van der Waals surface area contributed by atoms with Gasteiger partial charge in [-0.25, -0.2) is 0 Å². The van der Waals surface area contributed by atoms with Gasteiger partial charge < -0.3 is 9.88 Å². The topological polar surface area (TPSA) is 17.0 Å². The number of hydrogen-bond donors (Lipinski definition) is 1. The fourth-order valence-electron chi connectivity index (χ4n) is 1.92. The van der Waals surface area contributed by atoms with Crippen molar-refractivity contribution in [1.82, 2.24) is 9.88 Å². The van der Waals surface area contributed by atoms with Crippen LogP contribution in [0.1, 0.15) is 24.3 Å². The normalized spacial score (nSPS) is 19.8. The van der Waals surface area contributed by atoms with Crippen molar-refractivity contribution in [3.8, 4) is 0 Å². The summed E-state index contributed by atoms with van der Waals surface area (Å²) < 4.78 is 2.14. The minimum absolute atomic E-state index is 0.799. The summed E-state index contributed by atoms with van der Waals surface area (Å²) in [5, 5.41) is 3.38. The van der Waals surface area contributed by atoms with E-state index in [1.807, 2.05) is 0 Å². The van der Waals surface area contributed by atoms with Gasteiger partial charge in [-0.05, 0) is 43.5 Å². The van der Waals surface area contributed by atoms with Crippen molar-refractivity contribution >= 4 is 0 Å². The molecular weight excluding hydrogens is 148 g/mol. The van der Waals surface area contributed by atoms with E-state index in [0.717, 1.165) is 5.92 Å². The Kier molecular flexibility index (Phi) is 2.17. The van der Waals surface area contributed by atoms with Gasteiger partial charge in [0.2, 0.25) is 0 Å². The monoisotopic (exact) mass is 164 g/mol. The van der Waals surface area contributed by atoms with Crippen LogP contribution in [-0.2, 0) is 7.05 Å². The van der Waals surface area contributed by atoms with Gasteiger partial charge in [0.05, 0.1) is 0 Å². The van der Waals surface area contributed by atoms with E-state index in [0.29, 0.717) is 0 Å². The molecule has 0 aliphatic carbocycles. The van der Waals surface area contributed by atoms with E-state index in [9.17, 15) is 0 Å². The Bertz CT molecular complexity index is 246. The highest BCUT2D eigenvalue weighted by Gasteiger charge is 2.15. The molecule has 0 unspecified atom stereocenters. The lowest BCUT2D eigenvalue weighted by Gasteiger charge is -2.21. The van der Waals surface area contributed by atoms with Crippen LogP contribution in [-0.4, -0.2) is 17.7 Å². The Morgan fingerprint density at radius 2 is 2.17 bits per heavy atom. The lowest BCUT2D eigenvalue weighted by molar-refractivity contribution is 0.460. The second-order valence-corrected chi connectivity index (χ2v) is 3.63. The minimum Gasteiger partial charge on any atom is -0.357 e. The van der Waals surface area contributed by atoms with Crippen molar-refractivity contribution in [1.29, 1.82) is 0 Å². The predicted octanol–water partition coefficient (Wildman–Crippen LogP) is 1.49. The highest BCUT2D eigenvalue weighted by molar-refractivity contribution is 5.16. The molecule has 0 spiro atoms. The largest absolute Gasteiger partial charge is 0.357 e. The van der Waals surface area contributed by atoms with Gasteiger partial charge >= 0.3 is 0 Å². The summed E-state index contributed by atoms with van der Waals surface area (Å²) in [6.07, 6.45) is 6.97. The van der Waals surface area contributed by atoms with E-state index in [2.05, 4.69) is 35.4 Å².